The molecular weight excluding hydrogens is 214 g/mol. The quantitative estimate of drug-likeness (QED) is 0.619. The molecule has 0 atom stereocenters. The van der Waals surface area contributed by atoms with Crippen molar-refractivity contribution >= 4 is 27.6 Å². The van der Waals surface area contributed by atoms with Crippen LogP contribution >= 0.6 is 0 Å². The number of nitrogen functional groups attached to an aromatic ring is 1. The number of nitrogens with two attached hydrogens (primary N) is 1. The van der Waals surface area contributed by atoms with Crippen LogP contribution in [0.25, 0.3) is 21.8 Å². The summed E-state index contributed by atoms with van der Waals surface area (Å²) in [6, 6.07) is 7.36. The molecule has 0 radical (unpaired) electrons. The minimum Gasteiger partial charge on any atom is -0.506 e. The first-order valence-electron chi connectivity index (χ1n) is 5.43. The Hall–Kier alpha value is -2.23. The van der Waals surface area contributed by atoms with Crippen LogP contribution < -0.4 is 5.73 Å². The molecule has 17 heavy (non-hydrogen) atoms. The SMILES string of the molecule is Cc1nc(N)cc2c3cccc(O)c3n(C)c12. The first-order valence-corrected chi connectivity index (χ1v) is 5.43. The number of aromatic nitrogens is 2. The lowest BCUT2D eigenvalue weighted by Gasteiger charge is -2.02. The van der Waals surface area contributed by atoms with E-state index in [0.717, 1.165) is 27.5 Å². The Kier molecular flexibility index (Phi) is 1.84. The van der Waals surface area contributed by atoms with E-state index >= 15 is 0 Å². The second-order valence-corrected chi connectivity index (χ2v) is 4.26. The van der Waals surface area contributed by atoms with Crippen LogP contribution in [0.5, 0.6) is 5.75 Å². The minimum atomic E-state index is 0.277. The van der Waals surface area contributed by atoms with Gasteiger partial charge < -0.3 is 15.4 Å². The minimum absolute atomic E-state index is 0.277. The van der Waals surface area contributed by atoms with E-state index in [1.807, 2.05) is 36.7 Å². The molecule has 3 rings (SSSR count). The molecule has 0 amide bonds. The van der Waals surface area contributed by atoms with E-state index in [1.54, 1.807) is 6.07 Å². The summed E-state index contributed by atoms with van der Waals surface area (Å²) in [5.74, 6) is 0.782. The highest BCUT2D eigenvalue weighted by atomic mass is 16.3. The number of para-hydroxylation sites is 1. The molecule has 0 saturated carbocycles. The number of rotatable bonds is 0. The maximum absolute atomic E-state index is 9.94. The van der Waals surface area contributed by atoms with E-state index in [0.29, 0.717) is 5.82 Å². The molecule has 0 spiro atoms. The molecule has 3 aromatic rings. The second kappa shape index (κ2) is 3.13. The van der Waals surface area contributed by atoms with E-state index in [2.05, 4.69) is 4.98 Å². The Labute approximate surface area is 98.3 Å². The third-order valence-corrected chi connectivity index (χ3v) is 3.16. The summed E-state index contributed by atoms with van der Waals surface area (Å²) >= 11 is 0. The monoisotopic (exact) mass is 227 g/mol. The van der Waals surface area contributed by atoms with Gasteiger partial charge in [-0.1, -0.05) is 12.1 Å². The van der Waals surface area contributed by atoms with Gasteiger partial charge in [0.1, 0.15) is 11.6 Å². The molecule has 2 aromatic heterocycles. The fourth-order valence-electron chi connectivity index (χ4n) is 2.53. The lowest BCUT2D eigenvalue weighted by atomic mass is 10.1. The van der Waals surface area contributed by atoms with Crippen LogP contribution in [0.2, 0.25) is 0 Å². The summed E-state index contributed by atoms with van der Waals surface area (Å²) < 4.78 is 1.96. The molecule has 86 valence electrons. The van der Waals surface area contributed by atoms with Crippen molar-refractivity contribution in [2.75, 3.05) is 5.73 Å². The third kappa shape index (κ3) is 1.21. The Morgan fingerprint density at radius 1 is 1.24 bits per heavy atom. The summed E-state index contributed by atoms with van der Waals surface area (Å²) in [5, 5.41) is 12.0. The summed E-state index contributed by atoms with van der Waals surface area (Å²) in [6.45, 7) is 1.93. The molecule has 3 N–H and O–H groups in total. The van der Waals surface area contributed by atoms with Crippen molar-refractivity contribution in [3.05, 3.63) is 30.0 Å². The average molecular weight is 227 g/mol. The maximum Gasteiger partial charge on any atom is 0.139 e. The van der Waals surface area contributed by atoms with E-state index in [-0.39, 0.29) is 5.75 Å². The lowest BCUT2D eigenvalue weighted by molar-refractivity contribution is 0.479. The van der Waals surface area contributed by atoms with Crippen LogP contribution in [-0.4, -0.2) is 14.7 Å². The normalized spacial score (nSPS) is 11.4. The zero-order chi connectivity index (χ0) is 12.2. The van der Waals surface area contributed by atoms with Gasteiger partial charge in [0.05, 0.1) is 16.7 Å². The number of hydrogen-bond acceptors (Lipinski definition) is 3. The van der Waals surface area contributed by atoms with Gasteiger partial charge in [-0.3, -0.25) is 0 Å². The first kappa shape index (κ1) is 9.96. The van der Waals surface area contributed by atoms with Crippen molar-refractivity contribution in [3.63, 3.8) is 0 Å². The Morgan fingerprint density at radius 3 is 2.76 bits per heavy atom. The lowest BCUT2D eigenvalue weighted by Crippen LogP contribution is -1.95. The number of phenols is 1. The number of phenolic OH excluding ortho intramolecular Hbond substituents is 1. The fourth-order valence-corrected chi connectivity index (χ4v) is 2.53. The van der Waals surface area contributed by atoms with E-state index in [4.69, 9.17) is 5.73 Å². The van der Waals surface area contributed by atoms with Gasteiger partial charge in [0, 0.05) is 17.8 Å². The topological polar surface area (TPSA) is 64.1 Å². The van der Waals surface area contributed by atoms with Crippen molar-refractivity contribution in [3.8, 4) is 5.75 Å². The van der Waals surface area contributed by atoms with Crippen molar-refractivity contribution in [2.45, 2.75) is 6.92 Å². The van der Waals surface area contributed by atoms with Crippen molar-refractivity contribution in [1.82, 2.24) is 9.55 Å². The van der Waals surface area contributed by atoms with Gasteiger partial charge in [0.25, 0.3) is 0 Å². The van der Waals surface area contributed by atoms with Crippen molar-refractivity contribution < 1.29 is 5.11 Å². The molecule has 0 aliphatic carbocycles. The van der Waals surface area contributed by atoms with E-state index in [1.165, 1.54) is 0 Å². The number of pyridine rings is 1. The van der Waals surface area contributed by atoms with E-state index in [9.17, 15) is 5.11 Å². The highest BCUT2D eigenvalue weighted by Gasteiger charge is 2.13. The molecule has 0 unspecified atom stereocenters. The molecule has 4 nitrogen and oxygen atoms in total. The summed E-state index contributed by atoms with van der Waals surface area (Å²) in [7, 11) is 1.93. The highest BCUT2D eigenvalue weighted by molar-refractivity contribution is 6.11. The van der Waals surface area contributed by atoms with Crippen LogP contribution in [-0.2, 0) is 7.05 Å². The van der Waals surface area contributed by atoms with Crippen molar-refractivity contribution in [2.24, 2.45) is 7.05 Å². The first-order chi connectivity index (χ1) is 8.09. The number of aromatic hydroxyl groups is 1. The molecule has 1 aromatic carbocycles. The summed E-state index contributed by atoms with van der Waals surface area (Å²) in [5.41, 5.74) is 8.48. The number of hydrogen-bond donors (Lipinski definition) is 2. The van der Waals surface area contributed by atoms with Crippen LogP contribution in [0.4, 0.5) is 5.82 Å². The van der Waals surface area contributed by atoms with Gasteiger partial charge in [0.2, 0.25) is 0 Å². The molecule has 0 saturated heterocycles. The van der Waals surface area contributed by atoms with Gasteiger partial charge in [-0.2, -0.15) is 0 Å². The van der Waals surface area contributed by atoms with E-state index < -0.39 is 0 Å². The molecule has 2 heterocycles. The van der Waals surface area contributed by atoms with Gasteiger partial charge in [-0.15, -0.1) is 0 Å². The predicted molar refractivity (Wildman–Crippen MR) is 69.0 cm³/mol. The van der Waals surface area contributed by atoms with Gasteiger partial charge in [0.15, 0.2) is 0 Å². The number of aryl methyl sites for hydroxylation is 2. The molecule has 0 bridgehead atoms. The number of nitrogens with zero attached hydrogens (tertiary/aromatic N) is 2. The maximum atomic E-state index is 9.94. The fraction of sp³-hybridized carbons (Fsp3) is 0.154. The molecule has 0 fully saturated rings. The number of anilines is 1. The second-order valence-electron chi connectivity index (χ2n) is 4.26. The van der Waals surface area contributed by atoms with Crippen LogP contribution in [0.1, 0.15) is 5.69 Å². The van der Waals surface area contributed by atoms with Crippen LogP contribution in [0.15, 0.2) is 24.3 Å². The molecule has 4 heteroatoms. The zero-order valence-corrected chi connectivity index (χ0v) is 9.73. The smallest absolute Gasteiger partial charge is 0.139 e. The third-order valence-electron chi connectivity index (χ3n) is 3.16. The van der Waals surface area contributed by atoms with Gasteiger partial charge >= 0.3 is 0 Å². The number of benzene rings is 1. The predicted octanol–water partition coefficient (Wildman–Crippen LogP) is 2.32. The number of fused-ring (bicyclic) bond motifs is 3. The largest absolute Gasteiger partial charge is 0.506 e. The Balaban J connectivity index is 2.68. The molecule has 0 aliphatic heterocycles. The van der Waals surface area contributed by atoms with Gasteiger partial charge in [-0.25, -0.2) is 4.98 Å². The molecular formula is C13H13N3O. The molecule has 0 aliphatic rings. The average Bonchev–Trinajstić information content (AvgIpc) is 2.54. The van der Waals surface area contributed by atoms with Crippen molar-refractivity contribution in [1.29, 1.82) is 0 Å². The van der Waals surface area contributed by atoms with Crippen LogP contribution in [0.3, 0.4) is 0 Å². The Morgan fingerprint density at radius 2 is 2.00 bits per heavy atom. The highest BCUT2D eigenvalue weighted by Crippen LogP contribution is 2.34. The standard InChI is InChI=1S/C13H13N3O/c1-7-12-9(6-11(14)15-7)8-4-3-5-10(17)13(8)16(12)2/h3-6,17H,1-2H3,(H2,14,15). The van der Waals surface area contributed by atoms with Gasteiger partial charge in [-0.05, 0) is 19.1 Å². The zero-order valence-electron chi connectivity index (χ0n) is 9.73. The summed E-state index contributed by atoms with van der Waals surface area (Å²) in [4.78, 5) is 4.26. The Bertz CT molecular complexity index is 743. The van der Waals surface area contributed by atoms with Crippen LogP contribution in [0, 0.1) is 6.92 Å². The summed E-state index contributed by atoms with van der Waals surface area (Å²) in [6.07, 6.45) is 0.